The van der Waals surface area contributed by atoms with Crippen molar-refractivity contribution in [1.82, 2.24) is 0 Å². The van der Waals surface area contributed by atoms with Crippen molar-refractivity contribution in [2.45, 2.75) is 0 Å². The van der Waals surface area contributed by atoms with Gasteiger partial charge in [0.2, 0.25) is 0 Å². The monoisotopic (exact) mass is 195 g/mol. The average molecular weight is 195 g/mol. The summed E-state index contributed by atoms with van der Waals surface area (Å²) in [7, 11) is -6.13. The highest BCUT2D eigenvalue weighted by molar-refractivity contribution is 8.19. The maximum absolute atomic E-state index is 8.51. The van der Waals surface area contributed by atoms with Crippen molar-refractivity contribution in [3.8, 4) is 0 Å². The molecule has 1 atom stereocenters. The summed E-state index contributed by atoms with van der Waals surface area (Å²) in [5.41, 5.74) is 0. The summed E-state index contributed by atoms with van der Waals surface area (Å²) >= 11 is 0. The SMILES string of the molecule is O=[PH+]O.OP(O)P(O)O. The van der Waals surface area contributed by atoms with Crippen molar-refractivity contribution < 1.29 is 29.0 Å². The van der Waals surface area contributed by atoms with Crippen LogP contribution >= 0.6 is 24.8 Å². The Morgan fingerprint density at radius 2 is 1.11 bits per heavy atom. The van der Waals surface area contributed by atoms with E-state index < -0.39 is 24.8 Å². The molecule has 0 rings (SSSR count). The maximum atomic E-state index is 8.51. The molecule has 0 saturated heterocycles. The number of hydrogen-bond donors (Lipinski definition) is 5. The van der Waals surface area contributed by atoms with Crippen LogP contribution in [-0.4, -0.2) is 24.5 Å². The van der Waals surface area contributed by atoms with Gasteiger partial charge >= 0.3 is 8.69 Å². The highest BCUT2D eigenvalue weighted by Crippen LogP contribution is 2.56. The molecule has 0 aliphatic heterocycles. The fourth-order valence-electron chi connectivity index (χ4n) is 0. The van der Waals surface area contributed by atoms with Gasteiger partial charge in [-0.1, -0.05) is 0 Å². The summed E-state index contributed by atoms with van der Waals surface area (Å²) in [6, 6.07) is 0. The van der Waals surface area contributed by atoms with Crippen LogP contribution in [0.3, 0.4) is 0 Å². The molecular formula is H6O6P3+. The summed E-state index contributed by atoms with van der Waals surface area (Å²) in [5.74, 6) is 0. The molecule has 0 spiro atoms. The molecule has 0 saturated carbocycles. The van der Waals surface area contributed by atoms with Crippen molar-refractivity contribution in [3.05, 3.63) is 0 Å². The Bertz CT molecular complexity index is 53.3. The molecule has 0 aliphatic carbocycles. The van der Waals surface area contributed by atoms with Crippen molar-refractivity contribution in [2.75, 3.05) is 0 Å². The Balaban J connectivity index is 0. The molecule has 0 amide bonds. The summed E-state index contributed by atoms with van der Waals surface area (Å²) in [6.45, 7) is 0. The standard InChI is InChI=1S/H4O4P2.HO2P/c1-5(2)6(3)4;1-3-2/h1-4H;3H/p+1. The Kier molecular flexibility index (Phi) is 12.1. The van der Waals surface area contributed by atoms with Crippen LogP contribution in [0.25, 0.3) is 0 Å². The average Bonchev–Trinajstić information content (AvgIpc) is 1.68. The van der Waals surface area contributed by atoms with E-state index in [0.717, 1.165) is 0 Å². The fourth-order valence-corrected chi connectivity index (χ4v) is 0. The molecule has 0 heterocycles. The van der Waals surface area contributed by atoms with E-state index in [1.54, 1.807) is 0 Å². The Labute approximate surface area is 54.8 Å². The van der Waals surface area contributed by atoms with E-state index in [2.05, 4.69) is 0 Å². The van der Waals surface area contributed by atoms with Gasteiger partial charge in [0, 0.05) is 0 Å². The van der Waals surface area contributed by atoms with Crippen LogP contribution in [0.15, 0.2) is 0 Å². The molecule has 9 heteroatoms. The quantitative estimate of drug-likeness (QED) is 0.357. The zero-order valence-electron chi connectivity index (χ0n) is 4.04. The van der Waals surface area contributed by atoms with Crippen LogP contribution < -0.4 is 0 Å². The van der Waals surface area contributed by atoms with Crippen LogP contribution in [0, 0.1) is 0 Å². The Morgan fingerprint density at radius 3 is 1.11 bits per heavy atom. The predicted octanol–water partition coefficient (Wildman–Crippen LogP) is -0.588. The van der Waals surface area contributed by atoms with Gasteiger partial charge in [0.15, 0.2) is 0 Å². The van der Waals surface area contributed by atoms with Gasteiger partial charge in [0.1, 0.15) is 0 Å². The minimum atomic E-state index is -2.48. The van der Waals surface area contributed by atoms with Gasteiger partial charge < -0.3 is 19.6 Å². The molecular weight excluding hydrogens is 189 g/mol. The maximum Gasteiger partial charge on any atom is 0.491 e. The summed E-state index contributed by atoms with van der Waals surface area (Å²) in [4.78, 5) is 38.2. The topological polar surface area (TPSA) is 118 Å². The third kappa shape index (κ3) is 17.7. The first kappa shape index (κ1) is 12.4. The van der Waals surface area contributed by atoms with Crippen molar-refractivity contribution >= 4 is 24.8 Å². The van der Waals surface area contributed by atoms with E-state index in [1.807, 2.05) is 0 Å². The largest absolute Gasteiger partial charge is 0.491 e. The first-order valence-corrected chi connectivity index (χ1v) is 5.48. The third-order valence-electron chi connectivity index (χ3n) is 0.160. The van der Waals surface area contributed by atoms with E-state index >= 15 is 0 Å². The van der Waals surface area contributed by atoms with Gasteiger partial charge in [-0.2, -0.15) is 4.89 Å². The molecule has 6 nitrogen and oxygen atoms in total. The molecule has 0 radical (unpaired) electrons. The second-order valence-electron chi connectivity index (χ2n) is 0.628. The smallest absolute Gasteiger partial charge is 0.344 e. The molecule has 0 aromatic carbocycles. The molecule has 1 unspecified atom stereocenters. The van der Waals surface area contributed by atoms with E-state index in [0.29, 0.717) is 0 Å². The van der Waals surface area contributed by atoms with E-state index in [4.69, 9.17) is 29.0 Å². The van der Waals surface area contributed by atoms with Crippen molar-refractivity contribution in [1.29, 1.82) is 0 Å². The number of rotatable bonds is 1. The Morgan fingerprint density at radius 1 is 1.00 bits per heavy atom. The van der Waals surface area contributed by atoms with Gasteiger partial charge in [-0.15, -0.1) is 0 Å². The molecule has 0 aromatic rings. The fraction of sp³-hybridized carbons (Fsp3) is 0. The lowest BCUT2D eigenvalue weighted by Gasteiger charge is -1.97. The normalized spacial score (nSPS) is 9.67. The summed E-state index contributed by atoms with van der Waals surface area (Å²) in [5, 5.41) is 0. The van der Waals surface area contributed by atoms with Crippen molar-refractivity contribution in [2.24, 2.45) is 0 Å². The molecule has 0 aromatic heterocycles. The van der Waals surface area contributed by atoms with Crippen LogP contribution in [0.2, 0.25) is 0 Å². The lowest BCUT2D eigenvalue weighted by Crippen LogP contribution is -1.63. The van der Waals surface area contributed by atoms with Crippen LogP contribution in [0.5, 0.6) is 0 Å². The molecule has 0 fully saturated rings. The minimum absolute atomic E-state index is 1.17. The highest BCUT2D eigenvalue weighted by atomic mass is 32.1. The first-order valence-electron chi connectivity index (χ1n) is 1.43. The lowest BCUT2D eigenvalue weighted by atomic mass is 15.9. The van der Waals surface area contributed by atoms with Crippen molar-refractivity contribution in [3.63, 3.8) is 0 Å². The summed E-state index contributed by atoms with van der Waals surface area (Å²) in [6.07, 6.45) is 0. The molecule has 0 aliphatic rings. The minimum Gasteiger partial charge on any atom is -0.344 e. The van der Waals surface area contributed by atoms with Gasteiger partial charge in [-0.25, -0.2) is 0 Å². The van der Waals surface area contributed by atoms with Crippen LogP contribution in [0.1, 0.15) is 0 Å². The van der Waals surface area contributed by atoms with Crippen LogP contribution in [0.4, 0.5) is 0 Å². The number of hydrogen-bond acceptors (Lipinski definition) is 5. The first-order chi connectivity index (χ1) is 4.06. The second kappa shape index (κ2) is 8.76. The zero-order valence-corrected chi connectivity index (χ0v) is 6.83. The van der Waals surface area contributed by atoms with Crippen LogP contribution in [-0.2, 0) is 4.57 Å². The third-order valence-corrected chi connectivity index (χ3v) is 1.44. The van der Waals surface area contributed by atoms with Gasteiger partial charge in [0.05, 0.1) is 0 Å². The van der Waals surface area contributed by atoms with Gasteiger partial charge in [-0.05, 0) is 4.57 Å². The molecule has 5 N–H and O–H groups in total. The second-order valence-corrected chi connectivity index (χ2v) is 4.03. The molecule has 9 heavy (non-hydrogen) atoms. The predicted molar refractivity (Wildman–Crippen MR) is 33.9 cm³/mol. The Hall–Kier alpha value is 0.760. The zero-order chi connectivity index (χ0) is 7.86. The van der Waals surface area contributed by atoms with E-state index in [9.17, 15) is 0 Å². The van der Waals surface area contributed by atoms with Gasteiger partial charge in [-0.3, -0.25) is 0 Å². The highest BCUT2D eigenvalue weighted by Gasteiger charge is 2.08. The van der Waals surface area contributed by atoms with E-state index in [-0.39, 0.29) is 0 Å². The summed E-state index contributed by atoms with van der Waals surface area (Å²) < 4.78 is 8.51. The van der Waals surface area contributed by atoms with Gasteiger partial charge in [0.25, 0.3) is 16.1 Å². The molecule has 56 valence electrons. The lowest BCUT2D eigenvalue weighted by molar-refractivity contribution is 0.457. The van der Waals surface area contributed by atoms with E-state index in [1.165, 1.54) is 0 Å². The molecule has 0 bridgehead atoms.